The summed E-state index contributed by atoms with van der Waals surface area (Å²) in [7, 11) is 0. The molecule has 0 radical (unpaired) electrons. The van der Waals surface area contributed by atoms with Crippen LogP contribution in [0.25, 0.3) is 10.9 Å². The van der Waals surface area contributed by atoms with Gasteiger partial charge in [-0.05, 0) is 42.7 Å². The molecule has 1 amide bonds. The Balaban J connectivity index is 1.52. The third kappa shape index (κ3) is 3.67. The number of amides is 1. The number of nitrogens with one attached hydrogen (secondary N) is 1. The average molecular weight is 291 g/mol. The highest BCUT2D eigenvalue weighted by molar-refractivity contribution is 5.90. The maximum Gasteiger partial charge on any atom is 0.224 e. The van der Waals surface area contributed by atoms with Gasteiger partial charge in [-0.3, -0.25) is 14.8 Å². The molecule has 3 aromatic rings. The topological polar surface area (TPSA) is 54.9 Å². The Morgan fingerprint density at radius 2 is 2.00 bits per heavy atom. The Bertz CT molecular complexity index is 771. The van der Waals surface area contributed by atoms with Crippen LogP contribution in [0.2, 0.25) is 0 Å². The molecule has 0 saturated carbocycles. The molecule has 3 rings (SSSR count). The summed E-state index contributed by atoms with van der Waals surface area (Å²) in [6.07, 6.45) is 7.35. The number of nitrogens with zero attached hydrogens (tertiary/aromatic N) is 2. The number of benzene rings is 1. The molecule has 0 aliphatic rings. The van der Waals surface area contributed by atoms with Crippen LogP contribution in [0.5, 0.6) is 0 Å². The van der Waals surface area contributed by atoms with Crippen LogP contribution in [0.4, 0.5) is 5.69 Å². The van der Waals surface area contributed by atoms with Crippen molar-refractivity contribution in [3.63, 3.8) is 0 Å². The number of rotatable bonds is 5. The number of hydrogen-bond donors (Lipinski definition) is 1. The van der Waals surface area contributed by atoms with Gasteiger partial charge in [0.25, 0.3) is 0 Å². The van der Waals surface area contributed by atoms with Crippen LogP contribution < -0.4 is 5.32 Å². The van der Waals surface area contributed by atoms with Crippen molar-refractivity contribution in [1.82, 2.24) is 9.97 Å². The molecule has 22 heavy (non-hydrogen) atoms. The lowest BCUT2D eigenvalue weighted by Gasteiger charge is -2.05. The van der Waals surface area contributed by atoms with Gasteiger partial charge in [-0.25, -0.2) is 0 Å². The molecule has 0 saturated heterocycles. The predicted octanol–water partition coefficient (Wildman–Crippen LogP) is 3.59. The second-order valence-electron chi connectivity index (χ2n) is 5.18. The average Bonchev–Trinajstić information content (AvgIpc) is 2.55. The second kappa shape index (κ2) is 6.80. The summed E-state index contributed by atoms with van der Waals surface area (Å²) < 4.78 is 0. The molecule has 0 atom stereocenters. The van der Waals surface area contributed by atoms with Gasteiger partial charge in [0.1, 0.15) is 0 Å². The Labute approximate surface area is 129 Å². The number of carbonyl (C=O) groups is 1. The normalized spacial score (nSPS) is 10.5. The summed E-state index contributed by atoms with van der Waals surface area (Å²) in [5.74, 6) is 0.0155. The van der Waals surface area contributed by atoms with Gasteiger partial charge in [-0.15, -0.1) is 0 Å². The molecule has 0 fully saturated rings. The van der Waals surface area contributed by atoms with E-state index in [-0.39, 0.29) is 5.91 Å². The zero-order valence-electron chi connectivity index (χ0n) is 12.2. The molecule has 4 nitrogen and oxygen atoms in total. The van der Waals surface area contributed by atoms with Crippen LogP contribution in [-0.2, 0) is 11.2 Å². The van der Waals surface area contributed by atoms with E-state index in [0.717, 1.165) is 35.0 Å². The van der Waals surface area contributed by atoms with Crippen molar-refractivity contribution in [1.29, 1.82) is 0 Å². The summed E-state index contributed by atoms with van der Waals surface area (Å²) in [6, 6.07) is 13.8. The summed E-state index contributed by atoms with van der Waals surface area (Å²) in [6.45, 7) is 0. The van der Waals surface area contributed by atoms with Crippen LogP contribution in [0.1, 0.15) is 18.4 Å². The molecule has 0 bridgehead atoms. The standard InChI is InChI=1S/C18H17N3O/c22-18(21-16-7-4-10-19-13-16)9-3-5-14-11-15-6-1-2-8-17(15)20-12-14/h1-2,4,6-8,10-13H,3,5,9H2,(H,21,22). The maximum atomic E-state index is 11.9. The second-order valence-corrected chi connectivity index (χ2v) is 5.18. The number of aryl methyl sites for hydroxylation is 1. The molecular weight excluding hydrogens is 274 g/mol. The SMILES string of the molecule is O=C(CCCc1cnc2ccccc2c1)Nc1cccnc1. The Kier molecular flexibility index (Phi) is 4.39. The first-order chi connectivity index (χ1) is 10.8. The van der Waals surface area contributed by atoms with Crippen molar-refractivity contribution >= 4 is 22.5 Å². The molecule has 2 aromatic heterocycles. The van der Waals surface area contributed by atoms with E-state index in [1.807, 2.05) is 30.5 Å². The molecule has 2 heterocycles. The van der Waals surface area contributed by atoms with E-state index < -0.39 is 0 Å². The molecule has 0 aliphatic carbocycles. The summed E-state index contributed by atoms with van der Waals surface area (Å²) in [5, 5.41) is 3.98. The zero-order valence-corrected chi connectivity index (χ0v) is 12.2. The van der Waals surface area contributed by atoms with Gasteiger partial charge in [-0.1, -0.05) is 18.2 Å². The third-order valence-corrected chi connectivity index (χ3v) is 3.46. The van der Waals surface area contributed by atoms with Crippen LogP contribution in [-0.4, -0.2) is 15.9 Å². The number of carbonyl (C=O) groups excluding carboxylic acids is 1. The van der Waals surface area contributed by atoms with Crippen molar-refractivity contribution in [2.24, 2.45) is 0 Å². The molecule has 1 N–H and O–H groups in total. The van der Waals surface area contributed by atoms with E-state index in [2.05, 4.69) is 27.4 Å². The molecule has 1 aromatic carbocycles. The van der Waals surface area contributed by atoms with Gasteiger partial charge >= 0.3 is 0 Å². The van der Waals surface area contributed by atoms with Gasteiger partial charge in [0, 0.05) is 24.2 Å². The van der Waals surface area contributed by atoms with Gasteiger partial charge < -0.3 is 5.32 Å². The summed E-state index contributed by atoms with van der Waals surface area (Å²) in [5.41, 5.74) is 2.90. The van der Waals surface area contributed by atoms with E-state index in [0.29, 0.717) is 6.42 Å². The lowest BCUT2D eigenvalue weighted by Crippen LogP contribution is -2.11. The van der Waals surface area contributed by atoms with Crippen molar-refractivity contribution < 1.29 is 4.79 Å². The highest BCUT2D eigenvalue weighted by Crippen LogP contribution is 2.14. The van der Waals surface area contributed by atoms with Crippen molar-refractivity contribution in [2.45, 2.75) is 19.3 Å². The Hall–Kier alpha value is -2.75. The van der Waals surface area contributed by atoms with E-state index >= 15 is 0 Å². The zero-order chi connectivity index (χ0) is 15.2. The van der Waals surface area contributed by atoms with E-state index in [4.69, 9.17) is 0 Å². The fourth-order valence-electron chi connectivity index (χ4n) is 2.37. The van der Waals surface area contributed by atoms with Crippen molar-refractivity contribution in [3.8, 4) is 0 Å². The minimum atomic E-state index is 0.0155. The highest BCUT2D eigenvalue weighted by Gasteiger charge is 2.03. The lowest BCUT2D eigenvalue weighted by molar-refractivity contribution is -0.116. The number of pyridine rings is 2. The monoisotopic (exact) mass is 291 g/mol. The fourth-order valence-corrected chi connectivity index (χ4v) is 2.37. The number of fused-ring (bicyclic) bond motifs is 1. The Morgan fingerprint density at radius 1 is 1.09 bits per heavy atom. The molecule has 0 aliphatic heterocycles. The predicted molar refractivity (Wildman–Crippen MR) is 87.5 cm³/mol. The molecule has 4 heteroatoms. The maximum absolute atomic E-state index is 11.9. The first kappa shape index (κ1) is 14.2. The Morgan fingerprint density at radius 3 is 2.86 bits per heavy atom. The van der Waals surface area contributed by atoms with E-state index in [9.17, 15) is 4.79 Å². The largest absolute Gasteiger partial charge is 0.325 e. The minimum absolute atomic E-state index is 0.0155. The van der Waals surface area contributed by atoms with Gasteiger partial charge in [0.2, 0.25) is 5.91 Å². The first-order valence-corrected chi connectivity index (χ1v) is 7.35. The first-order valence-electron chi connectivity index (χ1n) is 7.35. The highest BCUT2D eigenvalue weighted by atomic mass is 16.1. The third-order valence-electron chi connectivity index (χ3n) is 3.46. The molecule has 110 valence electrons. The smallest absolute Gasteiger partial charge is 0.224 e. The molecule has 0 spiro atoms. The minimum Gasteiger partial charge on any atom is -0.325 e. The van der Waals surface area contributed by atoms with Crippen LogP contribution in [0.3, 0.4) is 0 Å². The van der Waals surface area contributed by atoms with Gasteiger partial charge in [0.05, 0.1) is 17.4 Å². The van der Waals surface area contributed by atoms with Crippen LogP contribution >= 0.6 is 0 Å². The van der Waals surface area contributed by atoms with Gasteiger partial charge in [0.15, 0.2) is 0 Å². The number of hydrogen-bond acceptors (Lipinski definition) is 3. The summed E-state index contributed by atoms with van der Waals surface area (Å²) in [4.78, 5) is 20.3. The van der Waals surface area contributed by atoms with Gasteiger partial charge in [-0.2, -0.15) is 0 Å². The quantitative estimate of drug-likeness (QED) is 0.781. The molecule has 0 unspecified atom stereocenters. The number of para-hydroxylation sites is 1. The lowest BCUT2D eigenvalue weighted by atomic mass is 10.1. The van der Waals surface area contributed by atoms with E-state index in [1.165, 1.54) is 0 Å². The van der Waals surface area contributed by atoms with Crippen molar-refractivity contribution in [3.05, 3.63) is 66.6 Å². The number of anilines is 1. The van der Waals surface area contributed by atoms with Crippen LogP contribution in [0.15, 0.2) is 61.1 Å². The molecular formula is C18H17N3O. The van der Waals surface area contributed by atoms with Crippen molar-refractivity contribution in [2.75, 3.05) is 5.32 Å². The fraction of sp³-hybridized carbons (Fsp3) is 0.167. The van der Waals surface area contributed by atoms with E-state index in [1.54, 1.807) is 18.5 Å². The van der Waals surface area contributed by atoms with Crippen LogP contribution in [0, 0.1) is 0 Å². The number of aromatic nitrogens is 2. The summed E-state index contributed by atoms with van der Waals surface area (Å²) >= 11 is 0.